The molecule has 3 amide bonds. The van der Waals surface area contributed by atoms with Crippen LogP contribution < -0.4 is 30.3 Å². The van der Waals surface area contributed by atoms with Gasteiger partial charge in [-0.15, -0.1) is 0 Å². The van der Waals surface area contributed by atoms with Gasteiger partial charge in [0, 0.05) is 11.4 Å². The van der Waals surface area contributed by atoms with Gasteiger partial charge in [0.25, 0.3) is 5.91 Å². The van der Waals surface area contributed by atoms with E-state index in [1.54, 1.807) is 36.4 Å². The van der Waals surface area contributed by atoms with Gasteiger partial charge in [-0.25, -0.2) is 5.43 Å². The molecule has 204 valence electrons. The zero-order chi connectivity index (χ0) is 28.4. The zero-order valence-corrected chi connectivity index (χ0v) is 23.5. The van der Waals surface area contributed by atoms with Gasteiger partial charge in [0.05, 0.1) is 24.4 Å². The lowest BCUT2D eigenvalue weighted by atomic mass is 10.1. The monoisotopic (exact) mass is 596 g/mol. The van der Waals surface area contributed by atoms with Crippen molar-refractivity contribution in [3.8, 4) is 17.2 Å². The summed E-state index contributed by atoms with van der Waals surface area (Å²) in [5.74, 6) is -0.758. The first-order valence-corrected chi connectivity index (χ1v) is 12.7. The summed E-state index contributed by atoms with van der Waals surface area (Å²) >= 11 is 3.41. The molecule has 3 N–H and O–H groups in total. The number of para-hydroxylation sites is 1. The van der Waals surface area contributed by atoms with Crippen molar-refractivity contribution in [2.75, 3.05) is 31.0 Å². The summed E-state index contributed by atoms with van der Waals surface area (Å²) in [6.45, 7) is 5.87. The number of carbonyl (C=O) groups excluding carboxylic acids is 3. The first-order valence-electron chi connectivity index (χ1n) is 12.0. The van der Waals surface area contributed by atoms with Crippen LogP contribution in [0.1, 0.15) is 23.6 Å². The van der Waals surface area contributed by atoms with Crippen LogP contribution in [-0.4, -0.2) is 44.3 Å². The van der Waals surface area contributed by atoms with Gasteiger partial charge in [-0.05, 0) is 89.8 Å². The average molecular weight is 597 g/mol. The molecule has 3 rings (SSSR count). The van der Waals surface area contributed by atoms with Crippen LogP contribution in [0.5, 0.6) is 17.2 Å². The first kappa shape index (κ1) is 29.2. The minimum Gasteiger partial charge on any atom is -0.494 e. The minimum atomic E-state index is -0.918. The Morgan fingerprint density at radius 3 is 2.28 bits per heavy atom. The van der Waals surface area contributed by atoms with Crippen molar-refractivity contribution in [2.45, 2.75) is 20.8 Å². The van der Waals surface area contributed by atoms with Gasteiger partial charge in [-0.3, -0.25) is 14.4 Å². The number of rotatable bonds is 10. The SMILES string of the molecule is CCOc1ccc(NC(=O)COc2c(Br)cc(/C=N\NC(=O)C(=O)Nc3c(C)cccc3C)cc2OC)cc1. The highest BCUT2D eigenvalue weighted by molar-refractivity contribution is 9.10. The Morgan fingerprint density at radius 2 is 1.64 bits per heavy atom. The Kier molecular flexibility index (Phi) is 10.4. The van der Waals surface area contributed by atoms with Crippen LogP contribution in [0.15, 0.2) is 64.2 Å². The van der Waals surface area contributed by atoms with Crippen molar-refractivity contribution >= 4 is 51.2 Å². The molecule has 0 aliphatic rings. The van der Waals surface area contributed by atoms with E-state index in [0.29, 0.717) is 45.3 Å². The molecule has 0 saturated carbocycles. The van der Waals surface area contributed by atoms with Gasteiger partial charge >= 0.3 is 11.8 Å². The molecule has 3 aromatic carbocycles. The largest absolute Gasteiger partial charge is 0.494 e. The number of aryl methyl sites for hydroxylation is 2. The number of hydrogen-bond acceptors (Lipinski definition) is 7. The number of halogens is 1. The van der Waals surface area contributed by atoms with Crippen LogP contribution in [0.25, 0.3) is 0 Å². The van der Waals surface area contributed by atoms with Crippen molar-refractivity contribution in [3.63, 3.8) is 0 Å². The maximum Gasteiger partial charge on any atom is 0.329 e. The molecule has 11 heteroatoms. The predicted octanol–water partition coefficient (Wildman–Crippen LogP) is 4.58. The molecule has 0 aliphatic carbocycles. The van der Waals surface area contributed by atoms with Gasteiger partial charge in [0.2, 0.25) is 0 Å². The lowest BCUT2D eigenvalue weighted by molar-refractivity contribution is -0.136. The second kappa shape index (κ2) is 14.0. The second-order valence-electron chi connectivity index (χ2n) is 8.25. The molecule has 39 heavy (non-hydrogen) atoms. The molecular weight excluding hydrogens is 568 g/mol. The Balaban J connectivity index is 1.57. The highest BCUT2D eigenvalue weighted by Crippen LogP contribution is 2.36. The van der Waals surface area contributed by atoms with E-state index in [1.165, 1.54) is 13.3 Å². The first-order chi connectivity index (χ1) is 18.7. The second-order valence-corrected chi connectivity index (χ2v) is 9.10. The van der Waals surface area contributed by atoms with Gasteiger partial charge in [0.15, 0.2) is 18.1 Å². The van der Waals surface area contributed by atoms with Gasteiger partial charge in [0.1, 0.15) is 5.75 Å². The van der Waals surface area contributed by atoms with Crippen molar-refractivity contribution in [1.29, 1.82) is 0 Å². The summed E-state index contributed by atoms with van der Waals surface area (Å²) in [6.07, 6.45) is 1.35. The molecule has 0 unspecified atom stereocenters. The maximum atomic E-state index is 12.4. The minimum absolute atomic E-state index is 0.263. The van der Waals surface area contributed by atoms with Crippen molar-refractivity contribution in [3.05, 3.63) is 75.8 Å². The smallest absolute Gasteiger partial charge is 0.329 e. The number of hydrogen-bond donors (Lipinski definition) is 3. The van der Waals surface area contributed by atoms with Crippen molar-refractivity contribution < 1.29 is 28.6 Å². The van der Waals surface area contributed by atoms with Gasteiger partial charge in [-0.2, -0.15) is 5.10 Å². The molecule has 0 aromatic heterocycles. The molecule has 10 nitrogen and oxygen atoms in total. The summed E-state index contributed by atoms with van der Waals surface area (Å²) in [7, 11) is 1.45. The standard InChI is InChI=1S/C28H29BrN4O6/c1-5-38-21-11-9-20(10-12-21)31-24(34)16-39-26-22(29)13-19(14-23(26)37-4)15-30-33-28(36)27(35)32-25-17(2)7-6-8-18(25)3/h6-15H,5,16H2,1-4H3,(H,31,34)(H,32,35)(H,33,36)/b30-15-. The third-order valence-electron chi connectivity index (χ3n) is 5.35. The molecule has 3 aromatic rings. The molecule has 0 heterocycles. The fraction of sp³-hybridized carbons (Fsp3) is 0.214. The topological polar surface area (TPSA) is 127 Å². The molecule has 0 bridgehead atoms. The third kappa shape index (κ3) is 8.30. The van der Waals surface area contributed by atoms with Crippen LogP contribution in [-0.2, 0) is 14.4 Å². The van der Waals surface area contributed by atoms with Crippen LogP contribution in [0.4, 0.5) is 11.4 Å². The lowest BCUT2D eigenvalue weighted by Gasteiger charge is -2.13. The average Bonchev–Trinajstić information content (AvgIpc) is 2.91. The number of carbonyl (C=O) groups is 3. The van der Waals surface area contributed by atoms with E-state index in [1.807, 2.05) is 39.0 Å². The van der Waals surface area contributed by atoms with Crippen LogP contribution in [0.2, 0.25) is 0 Å². The highest BCUT2D eigenvalue weighted by Gasteiger charge is 2.16. The molecule has 0 aliphatic heterocycles. The summed E-state index contributed by atoms with van der Waals surface area (Å²) in [6, 6.07) is 15.8. The van der Waals surface area contributed by atoms with Gasteiger partial charge < -0.3 is 24.8 Å². The van der Waals surface area contributed by atoms with Crippen molar-refractivity contribution in [1.82, 2.24) is 5.43 Å². The summed E-state index contributed by atoms with van der Waals surface area (Å²) < 4.78 is 17.0. The van der Waals surface area contributed by atoms with Crippen LogP contribution >= 0.6 is 15.9 Å². The van der Waals surface area contributed by atoms with E-state index in [-0.39, 0.29) is 12.5 Å². The summed E-state index contributed by atoms with van der Waals surface area (Å²) in [4.78, 5) is 36.8. The number of benzene rings is 3. The number of nitrogens with zero attached hydrogens (tertiary/aromatic N) is 1. The summed E-state index contributed by atoms with van der Waals surface area (Å²) in [5, 5.41) is 9.21. The molecule has 0 spiro atoms. The van der Waals surface area contributed by atoms with E-state index < -0.39 is 11.8 Å². The van der Waals surface area contributed by atoms with Crippen LogP contribution in [0, 0.1) is 13.8 Å². The van der Waals surface area contributed by atoms with E-state index in [4.69, 9.17) is 14.2 Å². The number of nitrogens with one attached hydrogen (secondary N) is 3. The van der Waals surface area contributed by atoms with E-state index in [2.05, 4.69) is 37.1 Å². The molecule has 0 radical (unpaired) electrons. The Hall–Kier alpha value is -4.38. The number of amides is 3. The third-order valence-corrected chi connectivity index (χ3v) is 5.94. The number of methoxy groups -OCH3 is 1. The van der Waals surface area contributed by atoms with Crippen LogP contribution in [0.3, 0.4) is 0 Å². The summed E-state index contributed by atoms with van der Waals surface area (Å²) in [5.41, 5.74) is 5.62. The Bertz CT molecular complexity index is 1350. The Labute approximate surface area is 234 Å². The molecule has 0 saturated heterocycles. The van der Waals surface area contributed by atoms with Gasteiger partial charge in [-0.1, -0.05) is 18.2 Å². The maximum absolute atomic E-state index is 12.4. The normalized spacial score (nSPS) is 10.6. The molecular formula is C28H29BrN4O6. The lowest BCUT2D eigenvalue weighted by Crippen LogP contribution is -2.32. The van der Waals surface area contributed by atoms with E-state index >= 15 is 0 Å². The fourth-order valence-electron chi connectivity index (χ4n) is 3.49. The van der Waals surface area contributed by atoms with Crippen molar-refractivity contribution in [2.24, 2.45) is 5.10 Å². The molecule has 0 atom stereocenters. The van der Waals surface area contributed by atoms with E-state index in [0.717, 1.165) is 11.1 Å². The number of hydrazone groups is 1. The van der Waals surface area contributed by atoms with E-state index in [9.17, 15) is 14.4 Å². The fourth-order valence-corrected chi connectivity index (χ4v) is 4.06. The number of anilines is 2. The molecule has 0 fully saturated rings. The highest BCUT2D eigenvalue weighted by atomic mass is 79.9. The predicted molar refractivity (Wildman–Crippen MR) is 153 cm³/mol. The number of ether oxygens (including phenoxy) is 3. The zero-order valence-electron chi connectivity index (χ0n) is 22.0. The Morgan fingerprint density at radius 1 is 0.949 bits per heavy atom. The quantitative estimate of drug-likeness (QED) is 0.179.